The van der Waals surface area contributed by atoms with Crippen LogP contribution in [0.15, 0.2) is 36.4 Å². The number of pyridine rings is 1. The van der Waals surface area contributed by atoms with E-state index in [4.69, 9.17) is 11.6 Å². The maximum Gasteiger partial charge on any atom is 0.0705 e. The van der Waals surface area contributed by atoms with E-state index >= 15 is 0 Å². The van der Waals surface area contributed by atoms with Crippen LogP contribution < -0.4 is 0 Å². The van der Waals surface area contributed by atoms with Gasteiger partial charge in [-0.15, -0.1) is 11.6 Å². The molecule has 2 heteroatoms. The summed E-state index contributed by atoms with van der Waals surface area (Å²) in [5.41, 5.74) is 2.16. The number of aromatic nitrogens is 1. The Kier molecular flexibility index (Phi) is 4.60. The van der Waals surface area contributed by atoms with E-state index in [2.05, 4.69) is 43.1 Å². The highest BCUT2D eigenvalue weighted by molar-refractivity contribution is 6.20. The van der Waals surface area contributed by atoms with Crippen LogP contribution in [0.25, 0.3) is 10.9 Å². The summed E-state index contributed by atoms with van der Waals surface area (Å²) in [4.78, 5) is 4.68. The zero-order valence-electron chi connectivity index (χ0n) is 11.1. The maximum absolute atomic E-state index is 6.49. The first-order valence-corrected chi connectivity index (χ1v) is 7.17. The van der Waals surface area contributed by atoms with Gasteiger partial charge in [-0.05, 0) is 18.1 Å². The summed E-state index contributed by atoms with van der Waals surface area (Å²) < 4.78 is 0. The summed E-state index contributed by atoms with van der Waals surface area (Å²) in [7, 11) is 0. The van der Waals surface area contributed by atoms with Crippen LogP contribution in [0.4, 0.5) is 0 Å². The van der Waals surface area contributed by atoms with Crippen molar-refractivity contribution in [1.29, 1.82) is 0 Å². The van der Waals surface area contributed by atoms with Gasteiger partial charge in [0.15, 0.2) is 0 Å². The van der Waals surface area contributed by atoms with Crippen LogP contribution in [0, 0.1) is 5.92 Å². The number of rotatable bonds is 5. The van der Waals surface area contributed by atoms with Crippen molar-refractivity contribution in [3.05, 3.63) is 42.1 Å². The number of hydrogen-bond acceptors (Lipinski definition) is 1. The highest BCUT2D eigenvalue weighted by atomic mass is 35.5. The van der Waals surface area contributed by atoms with Gasteiger partial charge in [-0.3, -0.25) is 4.98 Å². The SMILES string of the molecule is CCC(CC)C(Cl)Cc1ccc2ccccc2n1. The van der Waals surface area contributed by atoms with Gasteiger partial charge in [0.05, 0.1) is 5.52 Å². The second-order valence-corrected chi connectivity index (χ2v) is 5.35. The fourth-order valence-electron chi connectivity index (χ4n) is 2.39. The van der Waals surface area contributed by atoms with E-state index in [9.17, 15) is 0 Å². The van der Waals surface area contributed by atoms with Crippen LogP contribution in [0.3, 0.4) is 0 Å². The molecule has 1 heterocycles. The summed E-state index contributed by atoms with van der Waals surface area (Å²) in [5.74, 6) is 0.583. The molecule has 0 amide bonds. The highest BCUT2D eigenvalue weighted by Crippen LogP contribution is 2.22. The first-order valence-electron chi connectivity index (χ1n) is 6.73. The van der Waals surface area contributed by atoms with Crippen molar-refractivity contribution < 1.29 is 0 Å². The summed E-state index contributed by atoms with van der Waals surface area (Å²) in [5, 5.41) is 1.38. The summed E-state index contributed by atoms with van der Waals surface area (Å²) in [6.07, 6.45) is 3.13. The van der Waals surface area contributed by atoms with Gasteiger partial charge in [-0.25, -0.2) is 0 Å². The Bertz CT molecular complexity index is 505. The quantitative estimate of drug-likeness (QED) is 0.703. The van der Waals surface area contributed by atoms with E-state index in [0.29, 0.717) is 5.92 Å². The Hall–Kier alpha value is -1.08. The van der Waals surface area contributed by atoms with Crippen LogP contribution in [0.2, 0.25) is 0 Å². The van der Waals surface area contributed by atoms with E-state index in [1.165, 1.54) is 5.39 Å². The molecule has 2 aromatic rings. The third-order valence-corrected chi connectivity index (χ3v) is 4.13. The normalized spacial score (nSPS) is 13.1. The molecule has 0 saturated heterocycles. The van der Waals surface area contributed by atoms with Gasteiger partial charge in [0.2, 0.25) is 0 Å². The molecule has 0 aliphatic rings. The Balaban J connectivity index is 2.16. The van der Waals surface area contributed by atoms with Gasteiger partial charge >= 0.3 is 0 Å². The molecule has 1 aromatic heterocycles. The summed E-state index contributed by atoms with van der Waals surface area (Å²) in [6, 6.07) is 12.4. The van der Waals surface area contributed by atoms with Crippen molar-refractivity contribution in [1.82, 2.24) is 4.98 Å². The summed E-state index contributed by atoms with van der Waals surface area (Å²) in [6.45, 7) is 4.41. The number of nitrogens with zero attached hydrogens (tertiary/aromatic N) is 1. The van der Waals surface area contributed by atoms with Crippen LogP contribution in [0.5, 0.6) is 0 Å². The predicted octanol–water partition coefficient (Wildman–Crippen LogP) is 4.82. The molecule has 1 unspecified atom stereocenters. The Morgan fingerprint density at radius 1 is 1.06 bits per heavy atom. The second kappa shape index (κ2) is 6.19. The average molecular weight is 262 g/mol. The number of fused-ring (bicyclic) bond motifs is 1. The minimum Gasteiger partial charge on any atom is -0.253 e. The van der Waals surface area contributed by atoms with Crippen LogP contribution in [-0.4, -0.2) is 10.4 Å². The molecule has 96 valence electrons. The van der Waals surface area contributed by atoms with E-state index in [0.717, 1.165) is 30.5 Å². The second-order valence-electron chi connectivity index (χ2n) is 4.79. The summed E-state index contributed by atoms with van der Waals surface area (Å²) >= 11 is 6.49. The molecule has 0 spiro atoms. The Morgan fingerprint density at radius 2 is 1.78 bits per heavy atom. The largest absolute Gasteiger partial charge is 0.253 e. The van der Waals surface area contributed by atoms with Gasteiger partial charge in [-0.2, -0.15) is 0 Å². The average Bonchev–Trinajstić information content (AvgIpc) is 2.40. The van der Waals surface area contributed by atoms with Gasteiger partial charge in [0.1, 0.15) is 0 Å². The first-order chi connectivity index (χ1) is 8.74. The van der Waals surface area contributed by atoms with Crippen LogP contribution >= 0.6 is 11.6 Å². The fraction of sp³-hybridized carbons (Fsp3) is 0.438. The first kappa shape index (κ1) is 13.4. The number of alkyl halides is 1. The predicted molar refractivity (Wildman–Crippen MR) is 79.2 cm³/mol. The lowest BCUT2D eigenvalue weighted by Crippen LogP contribution is -2.16. The van der Waals surface area contributed by atoms with Crippen LogP contribution in [0.1, 0.15) is 32.4 Å². The molecule has 1 nitrogen and oxygen atoms in total. The molecule has 2 rings (SSSR count). The molecule has 0 fully saturated rings. The minimum atomic E-state index is 0.189. The van der Waals surface area contributed by atoms with Crippen LogP contribution in [-0.2, 0) is 6.42 Å². The molecule has 0 aliphatic carbocycles. The van der Waals surface area contributed by atoms with Crippen molar-refractivity contribution in [2.45, 2.75) is 38.5 Å². The smallest absolute Gasteiger partial charge is 0.0705 e. The third kappa shape index (κ3) is 3.02. The Morgan fingerprint density at radius 3 is 2.50 bits per heavy atom. The molecule has 0 aliphatic heterocycles. The molecule has 0 radical (unpaired) electrons. The fourth-order valence-corrected chi connectivity index (χ4v) is 2.90. The number of hydrogen-bond donors (Lipinski definition) is 0. The topological polar surface area (TPSA) is 12.9 Å². The molecule has 0 bridgehead atoms. The van der Waals surface area contributed by atoms with Crippen molar-refractivity contribution in [3.63, 3.8) is 0 Å². The molecule has 1 aromatic carbocycles. The van der Waals surface area contributed by atoms with E-state index < -0.39 is 0 Å². The standard InChI is InChI=1S/C16H20ClN/c1-3-12(4-2)15(17)11-14-10-9-13-7-5-6-8-16(13)18-14/h5-10,12,15H,3-4,11H2,1-2H3. The Labute approximate surface area is 114 Å². The minimum absolute atomic E-state index is 0.189. The zero-order chi connectivity index (χ0) is 13.0. The van der Waals surface area contributed by atoms with Crippen molar-refractivity contribution >= 4 is 22.5 Å². The molecular weight excluding hydrogens is 242 g/mol. The lowest BCUT2D eigenvalue weighted by molar-refractivity contribution is 0.462. The van der Waals surface area contributed by atoms with Gasteiger partial charge in [0.25, 0.3) is 0 Å². The number of benzene rings is 1. The van der Waals surface area contributed by atoms with Gasteiger partial charge in [0, 0.05) is 22.9 Å². The lowest BCUT2D eigenvalue weighted by atomic mass is 9.96. The van der Waals surface area contributed by atoms with Crippen molar-refractivity contribution in [3.8, 4) is 0 Å². The van der Waals surface area contributed by atoms with E-state index in [-0.39, 0.29) is 5.38 Å². The molecular formula is C16H20ClN. The van der Waals surface area contributed by atoms with E-state index in [1.54, 1.807) is 0 Å². The number of para-hydroxylation sites is 1. The maximum atomic E-state index is 6.49. The van der Waals surface area contributed by atoms with Gasteiger partial charge in [-0.1, -0.05) is 51.0 Å². The monoisotopic (exact) mass is 261 g/mol. The lowest BCUT2D eigenvalue weighted by Gasteiger charge is -2.18. The van der Waals surface area contributed by atoms with Gasteiger partial charge < -0.3 is 0 Å². The zero-order valence-corrected chi connectivity index (χ0v) is 11.8. The van der Waals surface area contributed by atoms with E-state index in [1.807, 2.05) is 12.1 Å². The van der Waals surface area contributed by atoms with Crippen molar-refractivity contribution in [2.75, 3.05) is 0 Å². The molecule has 18 heavy (non-hydrogen) atoms. The molecule has 1 atom stereocenters. The van der Waals surface area contributed by atoms with Crippen molar-refractivity contribution in [2.24, 2.45) is 5.92 Å². The number of halogens is 1. The highest BCUT2D eigenvalue weighted by Gasteiger charge is 2.16. The third-order valence-electron chi connectivity index (χ3n) is 3.62. The molecule has 0 N–H and O–H groups in total. The molecule has 0 saturated carbocycles.